The van der Waals surface area contributed by atoms with Gasteiger partial charge in [-0.3, -0.25) is 9.59 Å². The van der Waals surface area contributed by atoms with Crippen LogP contribution in [0.3, 0.4) is 0 Å². The maximum absolute atomic E-state index is 12.1. The van der Waals surface area contributed by atoms with Crippen LogP contribution in [-0.4, -0.2) is 48.1 Å². The molecule has 0 spiro atoms. The summed E-state index contributed by atoms with van der Waals surface area (Å²) < 4.78 is 0. The Morgan fingerprint density at radius 3 is 2.29 bits per heavy atom. The van der Waals surface area contributed by atoms with Gasteiger partial charge in [-0.2, -0.15) is 0 Å². The second kappa shape index (κ2) is 9.03. The quantitative estimate of drug-likeness (QED) is 0.674. The molecule has 122 valence electrons. The molecule has 5 heteroatoms. The second-order valence-electron chi connectivity index (χ2n) is 6.78. The zero-order valence-corrected chi connectivity index (χ0v) is 13.5. The summed E-state index contributed by atoms with van der Waals surface area (Å²) in [6, 6.07) is 0. The van der Waals surface area contributed by atoms with Crippen LogP contribution in [0, 0.1) is 5.41 Å². The minimum atomic E-state index is -0.743. The molecule has 0 saturated carbocycles. The lowest BCUT2D eigenvalue weighted by Gasteiger charge is -2.24. The minimum Gasteiger partial charge on any atom is -0.481 e. The lowest BCUT2D eigenvalue weighted by molar-refractivity contribution is -0.137. The fraction of sp³-hybridized carbons (Fsp3) is 0.875. The van der Waals surface area contributed by atoms with Crippen LogP contribution >= 0.6 is 0 Å². The Balaban J connectivity index is 2.17. The number of aliphatic carboxylic acids is 1. The Hall–Kier alpha value is -1.10. The summed E-state index contributed by atoms with van der Waals surface area (Å²) in [5.41, 5.74) is -0.00293. The van der Waals surface area contributed by atoms with Gasteiger partial charge in [-0.25, -0.2) is 0 Å². The molecule has 0 aromatic carbocycles. The lowest BCUT2D eigenvalue weighted by Crippen LogP contribution is -2.39. The van der Waals surface area contributed by atoms with Gasteiger partial charge in [0.05, 0.1) is 6.54 Å². The molecule has 0 bridgehead atoms. The first-order valence-corrected chi connectivity index (χ1v) is 8.11. The SMILES string of the molecule is CC(C)(CCNCC(=O)N1CCCCCC1)CCC(=O)O. The van der Waals surface area contributed by atoms with E-state index in [-0.39, 0.29) is 17.7 Å². The molecule has 1 amide bonds. The molecule has 1 heterocycles. The molecule has 0 atom stereocenters. The van der Waals surface area contributed by atoms with Gasteiger partial charge >= 0.3 is 5.97 Å². The number of nitrogens with zero attached hydrogens (tertiary/aromatic N) is 1. The number of carboxylic acid groups (broad SMARTS) is 1. The third-order valence-electron chi connectivity index (χ3n) is 4.23. The summed E-state index contributed by atoms with van der Waals surface area (Å²) >= 11 is 0. The molecule has 0 aromatic heterocycles. The van der Waals surface area contributed by atoms with Crippen molar-refractivity contribution in [2.75, 3.05) is 26.2 Å². The maximum Gasteiger partial charge on any atom is 0.303 e. The molecule has 2 N–H and O–H groups in total. The fourth-order valence-electron chi connectivity index (χ4n) is 2.62. The van der Waals surface area contributed by atoms with Gasteiger partial charge < -0.3 is 15.3 Å². The maximum atomic E-state index is 12.1. The molecular weight excluding hydrogens is 268 g/mol. The first kappa shape index (κ1) is 18.0. The highest BCUT2D eigenvalue weighted by molar-refractivity contribution is 5.78. The molecule has 0 aromatic rings. The number of carboxylic acids is 1. The van der Waals surface area contributed by atoms with Crippen LogP contribution in [0.1, 0.15) is 58.8 Å². The number of likely N-dealkylation sites (tertiary alicyclic amines) is 1. The van der Waals surface area contributed by atoms with Gasteiger partial charge in [-0.05, 0) is 37.6 Å². The third-order valence-corrected chi connectivity index (χ3v) is 4.23. The van der Waals surface area contributed by atoms with Gasteiger partial charge in [0.25, 0.3) is 0 Å². The van der Waals surface area contributed by atoms with Crippen LogP contribution < -0.4 is 5.32 Å². The molecule has 1 aliphatic heterocycles. The first-order chi connectivity index (χ1) is 9.91. The van der Waals surface area contributed by atoms with Gasteiger partial charge in [0, 0.05) is 19.5 Å². The average Bonchev–Trinajstić information content (AvgIpc) is 2.70. The van der Waals surface area contributed by atoms with Crippen LogP contribution in [0.15, 0.2) is 0 Å². The van der Waals surface area contributed by atoms with Crippen molar-refractivity contribution >= 4 is 11.9 Å². The molecule has 0 aliphatic carbocycles. The summed E-state index contributed by atoms with van der Waals surface area (Å²) in [5, 5.41) is 11.9. The first-order valence-electron chi connectivity index (χ1n) is 8.11. The molecular formula is C16H30N2O3. The number of nitrogens with one attached hydrogen (secondary N) is 1. The topological polar surface area (TPSA) is 69.6 Å². The van der Waals surface area contributed by atoms with E-state index >= 15 is 0 Å². The Morgan fingerprint density at radius 2 is 1.71 bits per heavy atom. The van der Waals surface area contributed by atoms with E-state index < -0.39 is 5.97 Å². The molecule has 5 nitrogen and oxygen atoms in total. The van der Waals surface area contributed by atoms with Gasteiger partial charge in [0.15, 0.2) is 0 Å². The molecule has 1 fully saturated rings. The lowest BCUT2D eigenvalue weighted by atomic mass is 9.84. The Kier molecular flexibility index (Phi) is 7.72. The van der Waals surface area contributed by atoms with E-state index in [0.29, 0.717) is 13.0 Å². The molecule has 1 aliphatic rings. The summed E-state index contributed by atoms with van der Waals surface area (Å²) in [5.74, 6) is -0.549. The Labute approximate surface area is 128 Å². The van der Waals surface area contributed by atoms with E-state index in [1.54, 1.807) is 0 Å². The number of amides is 1. The van der Waals surface area contributed by atoms with Crippen LogP contribution in [-0.2, 0) is 9.59 Å². The Bertz CT molecular complexity index is 334. The van der Waals surface area contributed by atoms with Crippen LogP contribution in [0.5, 0.6) is 0 Å². The van der Waals surface area contributed by atoms with Gasteiger partial charge in [0.2, 0.25) is 5.91 Å². The van der Waals surface area contributed by atoms with Crippen molar-refractivity contribution in [2.24, 2.45) is 5.41 Å². The molecule has 1 rings (SSSR count). The van der Waals surface area contributed by atoms with E-state index in [0.717, 1.165) is 38.9 Å². The van der Waals surface area contributed by atoms with Crippen LogP contribution in [0.2, 0.25) is 0 Å². The van der Waals surface area contributed by atoms with E-state index in [1.165, 1.54) is 12.8 Å². The number of carbonyl (C=O) groups excluding carboxylic acids is 1. The third kappa shape index (κ3) is 8.05. The standard InChI is InChI=1S/C16H30N2O3/c1-16(2,8-7-15(20)21)9-10-17-13-14(19)18-11-5-3-4-6-12-18/h17H,3-13H2,1-2H3,(H,20,21). The molecule has 0 unspecified atom stereocenters. The highest BCUT2D eigenvalue weighted by Gasteiger charge is 2.19. The zero-order valence-electron chi connectivity index (χ0n) is 13.5. The predicted molar refractivity (Wildman–Crippen MR) is 83.2 cm³/mol. The van der Waals surface area contributed by atoms with Gasteiger partial charge in [-0.15, -0.1) is 0 Å². The van der Waals surface area contributed by atoms with Crippen LogP contribution in [0.4, 0.5) is 0 Å². The van der Waals surface area contributed by atoms with Crippen molar-refractivity contribution < 1.29 is 14.7 Å². The normalized spacial score (nSPS) is 16.6. The largest absolute Gasteiger partial charge is 0.481 e. The second-order valence-corrected chi connectivity index (χ2v) is 6.78. The van der Waals surface area contributed by atoms with Crippen molar-refractivity contribution in [1.29, 1.82) is 0 Å². The summed E-state index contributed by atoms with van der Waals surface area (Å²) in [6.07, 6.45) is 6.46. The van der Waals surface area contributed by atoms with Crippen molar-refractivity contribution in [3.8, 4) is 0 Å². The summed E-state index contributed by atoms with van der Waals surface area (Å²) in [4.78, 5) is 24.6. The number of hydrogen-bond donors (Lipinski definition) is 2. The summed E-state index contributed by atoms with van der Waals surface area (Å²) in [7, 11) is 0. The number of carbonyl (C=O) groups is 2. The summed E-state index contributed by atoms with van der Waals surface area (Å²) in [6.45, 7) is 7.10. The van der Waals surface area contributed by atoms with Crippen molar-refractivity contribution in [3.05, 3.63) is 0 Å². The predicted octanol–water partition coefficient (Wildman–Crippen LogP) is 2.26. The van der Waals surface area contributed by atoms with E-state index in [2.05, 4.69) is 19.2 Å². The van der Waals surface area contributed by atoms with Crippen molar-refractivity contribution in [3.63, 3.8) is 0 Å². The Morgan fingerprint density at radius 1 is 1.10 bits per heavy atom. The van der Waals surface area contributed by atoms with Gasteiger partial charge in [0.1, 0.15) is 0 Å². The number of rotatable bonds is 8. The van der Waals surface area contributed by atoms with Crippen molar-refractivity contribution in [1.82, 2.24) is 10.2 Å². The fourth-order valence-corrected chi connectivity index (χ4v) is 2.62. The monoisotopic (exact) mass is 298 g/mol. The highest BCUT2D eigenvalue weighted by atomic mass is 16.4. The van der Waals surface area contributed by atoms with E-state index in [4.69, 9.17) is 5.11 Å². The smallest absolute Gasteiger partial charge is 0.303 e. The molecule has 0 radical (unpaired) electrons. The minimum absolute atomic E-state index is 0.00293. The van der Waals surface area contributed by atoms with Gasteiger partial charge in [-0.1, -0.05) is 26.7 Å². The van der Waals surface area contributed by atoms with E-state index in [1.807, 2.05) is 4.90 Å². The highest BCUT2D eigenvalue weighted by Crippen LogP contribution is 2.25. The molecule has 1 saturated heterocycles. The van der Waals surface area contributed by atoms with E-state index in [9.17, 15) is 9.59 Å². The average molecular weight is 298 g/mol. The van der Waals surface area contributed by atoms with Crippen molar-refractivity contribution in [2.45, 2.75) is 58.8 Å². The number of hydrogen-bond acceptors (Lipinski definition) is 3. The zero-order chi connectivity index (χ0) is 15.7. The molecule has 21 heavy (non-hydrogen) atoms. The van der Waals surface area contributed by atoms with Crippen LogP contribution in [0.25, 0.3) is 0 Å².